The van der Waals surface area contributed by atoms with Crippen molar-refractivity contribution in [2.75, 3.05) is 18.7 Å². The standard InChI is InChI=1S/C23H24Cl3NO3S/c1-14(20-22(31-4)27-13-29-20)30-17-7-5-15(6-8-17)23(2,3)16-11-18(25)21(19(26)12-16)28-10-9-24/h5-8,11-14H,9-10H2,1-4H3. The highest BCUT2D eigenvalue weighted by molar-refractivity contribution is 7.98. The Hall–Kier alpha value is -1.53. The summed E-state index contributed by atoms with van der Waals surface area (Å²) in [7, 11) is 0. The van der Waals surface area contributed by atoms with E-state index >= 15 is 0 Å². The zero-order chi connectivity index (χ0) is 22.6. The smallest absolute Gasteiger partial charge is 0.182 e. The number of benzene rings is 2. The minimum Gasteiger partial charge on any atom is -0.489 e. The second-order valence-corrected chi connectivity index (χ2v) is 9.43. The van der Waals surface area contributed by atoms with Crippen LogP contribution in [0.15, 0.2) is 52.2 Å². The maximum atomic E-state index is 6.43. The number of hydrogen-bond donors (Lipinski definition) is 0. The number of oxazole rings is 1. The molecule has 0 fully saturated rings. The van der Waals surface area contributed by atoms with Crippen LogP contribution in [0.1, 0.15) is 43.8 Å². The number of alkyl halides is 1. The van der Waals surface area contributed by atoms with Crippen LogP contribution in [0.3, 0.4) is 0 Å². The van der Waals surface area contributed by atoms with Crippen molar-refractivity contribution < 1.29 is 13.9 Å². The number of hydrogen-bond acceptors (Lipinski definition) is 5. The van der Waals surface area contributed by atoms with Crippen molar-refractivity contribution >= 4 is 46.6 Å². The van der Waals surface area contributed by atoms with Crippen molar-refractivity contribution in [3.63, 3.8) is 0 Å². The highest BCUT2D eigenvalue weighted by Crippen LogP contribution is 2.41. The van der Waals surface area contributed by atoms with Crippen LogP contribution in [0, 0.1) is 0 Å². The number of rotatable bonds is 9. The Labute approximate surface area is 202 Å². The van der Waals surface area contributed by atoms with E-state index in [-0.39, 0.29) is 11.5 Å². The van der Waals surface area contributed by atoms with E-state index in [4.69, 9.17) is 48.7 Å². The van der Waals surface area contributed by atoms with Gasteiger partial charge in [0.05, 0.1) is 15.9 Å². The van der Waals surface area contributed by atoms with E-state index in [1.807, 2.05) is 49.6 Å². The van der Waals surface area contributed by atoms with Gasteiger partial charge >= 0.3 is 0 Å². The van der Waals surface area contributed by atoms with Crippen LogP contribution in [0.2, 0.25) is 10.0 Å². The molecule has 0 spiro atoms. The maximum absolute atomic E-state index is 6.43. The molecule has 1 unspecified atom stereocenters. The third-order valence-electron chi connectivity index (χ3n) is 5.06. The van der Waals surface area contributed by atoms with Gasteiger partial charge in [-0.2, -0.15) is 0 Å². The molecule has 1 aromatic heterocycles. The summed E-state index contributed by atoms with van der Waals surface area (Å²) >= 11 is 20.1. The van der Waals surface area contributed by atoms with Gasteiger partial charge in [0.25, 0.3) is 0 Å². The monoisotopic (exact) mass is 499 g/mol. The fourth-order valence-electron chi connectivity index (χ4n) is 3.24. The summed E-state index contributed by atoms with van der Waals surface area (Å²) in [6.45, 7) is 6.52. The SMILES string of the molecule is CSc1ncoc1C(C)Oc1ccc(C(C)(C)c2cc(Cl)c(OCCCl)c(Cl)c2)cc1. The van der Waals surface area contributed by atoms with Crippen molar-refractivity contribution in [2.24, 2.45) is 0 Å². The first-order valence-electron chi connectivity index (χ1n) is 9.70. The van der Waals surface area contributed by atoms with E-state index in [2.05, 4.69) is 18.8 Å². The quantitative estimate of drug-likeness (QED) is 0.222. The third-order valence-corrected chi connectivity index (χ3v) is 6.46. The lowest BCUT2D eigenvalue weighted by molar-refractivity contribution is 0.191. The van der Waals surface area contributed by atoms with Gasteiger partial charge in [-0.15, -0.1) is 23.4 Å². The van der Waals surface area contributed by atoms with Gasteiger partial charge in [-0.25, -0.2) is 4.98 Å². The summed E-state index contributed by atoms with van der Waals surface area (Å²) in [6.07, 6.45) is 3.15. The Morgan fingerprint density at radius 1 is 1.10 bits per heavy atom. The van der Waals surface area contributed by atoms with E-state index in [0.29, 0.717) is 28.3 Å². The summed E-state index contributed by atoms with van der Waals surface area (Å²) in [4.78, 5) is 4.19. The normalized spacial score (nSPS) is 12.6. The largest absolute Gasteiger partial charge is 0.489 e. The molecule has 3 aromatic rings. The number of ether oxygens (including phenoxy) is 2. The fraction of sp³-hybridized carbons (Fsp3) is 0.348. The highest BCUT2D eigenvalue weighted by Gasteiger charge is 2.26. The molecule has 0 aliphatic heterocycles. The first-order chi connectivity index (χ1) is 14.8. The van der Waals surface area contributed by atoms with E-state index < -0.39 is 0 Å². The zero-order valence-corrected chi connectivity index (χ0v) is 20.8. The second kappa shape index (κ2) is 10.4. The third kappa shape index (κ3) is 5.46. The van der Waals surface area contributed by atoms with Crippen molar-refractivity contribution in [2.45, 2.75) is 37.3 Å². The number of thioether (sulfide) groups is 1. The summed E-state index contributed by atoms with van der Waals surface area (Å²) in [6, 6.07) is 11.7. The molecule has 0 amide bonds. The molecule has 1 heterocycles. The summed E-state index contributed by atoms with van der Waals surface area (Å²) in [5.41, 5.74) is 1.74. The maximum Gasteiger partial charge on any atom is 0.182 e. The Bertz CT molecular complexity index is 998. The van der Waals surface area contributed by atoms with Crippen LogP contribution in [0.25, 0.3) is 0 Å². The van der Waals surface area contributed by atoms with Crippen molar-refractivity contribution in [1.29, 1.82) is 0 Å². The molecular formula is C23H24Cl3NO3S. The summed E-state index contributed by atoms with van der Waals surface area (Å²) in [5, 5.41) is 1.76. The number of nitrogens with zero attached hydrogens (tertiary/aromatic N) is 1. The lowest BCUT2D eigenvalue weighted by Gasteiger charge is -2.27. The fourth-order valence-corrected chi connectivity index (χ4v) is 4.48. The molecule has 166 valence electrons. The molecule has 31 heavy (non-hydrogen) atoms. The lowest BCUT2D eigenvalue weighted by Crippen LogP contribution is -2.19. The predicted octanol–water partition coefficient (Wildman–Crippen LogP) is 7.79. The van der Waals surface area contributed by atoms with Crippen molar-refractivity contribution in [3.8, 4) is 11.5 Å². The molecule has 2 aromatic carbocycles. The van der Waals surface area contributed by atoms with Crippen LogP contribution < -0.4 is 9.47 Å². The van der Waals surface area contributed by atoms with Crippen LogP contribution in [0.4, 0.5) is 0 Å². The first-order valence-corrected chi connectivity index (χ1v) is 12.2. The van der Waals surface area contributed by atoms with Crippen LogP contribution >= 0.6 is 46.6 Å². The summed E-state index contributed by atoms with van der Waals surface area (Å²) in [5.74, 6) is 2.29. The van der Waals surface area contributed by atoms with Gasteiger partial charge in [0.1, 0.15) is 17.4 Å². The van der Waals surface area contributed by atoms with Gasteiger partial charge in [-0.1, -0.05) is 49.2 Å². The van der Waals surface area contributed by atoms with E-state index in [1.165, 1.54) is 18.2 Å². The Morgan fingerprint density at radius 2 is 1.74 bits per heavy atom. The zero-order valence-electron chi connectivity index (χ0n) is 17.7. The minimum absolute atomic E-state index is 0.248. The van der Waals surface area contributed by atoms with Crippen molar-refractivity contribution in [3.05, 3.63) is 69.7 Å². The van der Waals surface area contributed by atoms with Gasteiger partial charge in [0.15, 0.2) is 24.0 Å². The van der Waals surface area contributed by atoms with E-state index in [1.54, 1.807) is 0 Å². The molecule has 0 aliphatic carbocycles. The number of aromatic nitrogens is 1. The number of halogens is 3. The molecule has 0 bridgehead atoms. The van der Waals surface area contributed by atoms with Crippen LogP contribution in [-0.2, 0) is 5.41 Å². The van der Waals surface area contributed by atoms with Gasteiger partial charge in [0.2, 0.25) is 0 Å². The molecule has 8 heteroatoms. The molecule has 0 N–H and O–H groups in total. The average Bonchev–Trinajstić information content (AvgIpc) is 3.22. The molecule has 0 saturated heterocycles. The molecular weight excluding hydrogens is 477 g/mol. The molecule has 0 aliphatic rings. The highest BCUT2D eigenvalue weighted by atomic mass is 35.5. The lowest BCUT2D eigenvalue weighted by atomic mass is 9.78. The van der Waals surface area contributed by atoms with Crippen LogP contribution in [-0.4, -0.2) is 23.7 Å². The average molecular weight is 501 g/mol. The van der Waals surface area contributed by atoms with Crippen LogP contribution in [0.5, 0.6) is 11.5 Å². The molecule has 3 rings (SSSR count). The van der Waals surface area contributed by atoms with Gasteiger partial charge in [-0.3, -0.25) is 0 Å². The second-order valence-electron chi connectivity index (χ2n) is 7.44. The Balaban J connectivity index is 1.79. The molecule has 0 saturated carbocycles. The topological polar surface area (TPSA) is 44.5 Å². The Kier molecular flexibility index (Phi) is 8.08. The van der Waals surface area contributed by atoms with E-state index in [9.17, 15) is 0 Å². The van der Waals surface area contributed by atoms with Gasteiger partial charge in [-0.05, 0) is 48.6 Å². The molecule has 0 radical (unpaired) electrons. The molecule has 1 atom stereocenters. The van der Waals surface area contributed by atoms with Gasteiger partial charge < -0.3 is 13.9 Å². The molecule has 4 nitrogen and oxygen atoms in total. The first kappa shape index (κ1) is 24.1. The minimum atomic E-state index is -0.334. The Morgan fingerprint density at radius 3 is 2.32 bits per heavy atom. The summed E-state index contributed by atoms with van der Waals surface area (Å²) < 4.78 is 17.1. The van der Waals surface area contributed by atoms with Gasteiger partial charge in [0, 0.05) is 5.41 Å². The predicted molar refractivity (Wildman–Crippen MR) is 129 cm³/mol. The van der Waals surface area contributed by atoms with E-state index in [0.717, 1.165) is 27.7 Å². The van der Waals surface area contributed by atoms with Crippen molar-refractivity contribution in [1.82, 2.24) is 4.98 Å².